The molecule has 6 N–H and O–H groups in total. The van der Waals surface area contributed by atoms with Gasteiger partial charge in [0.15, 0.2) is 12.6 Å². The molecule has 0 unspecified atom stereocenters. The monoisotopic (exact) mass is 827 g/mol. The lowest BCUT2D eigenvalue weighted by atomic mass is 9.94. The first-order valence-corrected chi connectivity index (χ1v) is 23.9. The van der Waals surface area contributed by atoms with E-state index in [1.54, 1.807) is 0 Å². The predicted octanol–water partition coefficient (Wildman–Crippen LogP) is 7.28. The van der Waals surface area contributed by atoms with Gasteiger partial charge < -0.3 is 44.5 Å². The zero-order valence-electron chi connectivity index (χ0n) is 35.1. The van der Waals surface area contributed by atoms with Gasteiger partial charge in [-0.25, -0.2) is 4.18 Å². The summed E-state index contributed by atoms with van der Waals surface area (Å²) in [5.41, 5.74) is 0. The largest absolute Gasteiger partial charge is 0.397 e. The summed E-state index contributed by atoms with van der Waals surface area (Å²) in [4.78, 5) is 0. The van der Waals surface area contributed by atoms with E-state index < -0.39 is 78.4 Å². The van der Waals surface area contributed by atoms with Crippen molar-refractivity contribution >= 4 is 10.4 Å². The third kappa shape index (κ3) is 21.2. The number of hydrogen-bond donors (Lipinski definition) is 6. The van der Waals surface area contributed by atoms with E-state index in [4.69, 9.17) is 23.1 Å². The maximum atomic E-state index is 11.9. The highest BCUT2D eigenvalue weighted by molar-refractivity contribution is 7.80. The maximum Gasteiger partial charge on any atom is 0.397 e. The molecule has 2 fully saturated rings. The number of rotatable bonds is 34. The second-order valence-corrected chi connectivity index (χ2v) is 17.6. The van der Waals surface area contributed by atoms with Crippen LogP contribution in [0, 0.1) is 5.92 Å². The fourth-order valence-corrected chi connectivity index (χ4v) is 8.44. The van der Waals surface area contributed by atoms with Crippen molar-refractivity contribution in [3.8, 4) is 0 Å². The molecular weight excluding hydrogens is 745 g/mol. The summed E-state index contributed by atoms with van der Waals surface area (Å²) < 4.78 is 62.0. The van der Waals surface area contributed by atoms with Crippen LogP contribution in [0.25, 0.3) is 0 Å². The molecule has 10 atom stereocenters. The number of hydrogen-bond acceptors (Lipinski definition) is 12. The van der Waals surface area contributed by atoms with E-state index in [1.165, 1.54) is 135 Å². The Balaban J connectivity index is 2.02. The standard InChI is InChI=1S/C42H82O13S/c1-4-6-8-10-12-14-16-18-20-22-24-26-28-33(29-27-25-23-21-19-17-15-13-11-9-7-5-2)31-51-42-40(54-41-38(47)37(46)35(44)32(3)52-41)39(55-56(48,49)50)36(45)34(30-43)53-42/h32-47H,4-31H2,1-3H3,(H,48,49,50)/t32-,34+,35+,36-,37+,38-,39-,40+,41-,42+/m0/s1. The average Bonchev–Trinajstić information content (AvgIpc) is 3.16. The van der Waals surface area contributed by atoms with E-state index in [2.05, 4.69) is 13.8 Å². The van der Waals surface area contributed by atoms with Crippen LogP contribution in [0.2, 0.25) is 0 Å². The number of aliphatic hydroxyl groups is 5. The van der Waals surface area contributed by atoms with Crippen LogP contribution in [-0.4, -0.2) is 113 Å². The maximum absolute atomic E-state index is 11.9. The highest BCUT2D eigenvalue weighted by Crippen LogP contribution is 2.33. The zero-order valence-corrected chi connectivity index (χ0v) is 35.9. The molecule has 0 aromatic rings. The van der Waals surface area contributed by atoms with Gasteiger partial charge in [-0.05, 0) is 25.7 Å². The van der Waals surface area contributed by atoms with Crippen molar-refractivity contribution < 1.29 is 61.6 Å². The SMILES string of the molecule is CCCCCCCCCCCCCCC(CCCCCCCCCCCCCC)CO[C@@H]1O[C@H](CO)[C@H](O)[C@H](OS(=O)(=O)O)[C@H]1O[C@@H]1O[C@@H](C)[C@@H](O)[C@@H](O)[C@@H]1O. The van der Waals surface area contributed by atoms with E-state index in [0.29, 0.717) is 0 Å². The summed E-state index contributed by atoms with van der Waals surface area (Å²) in [6.45, 7) is 5.43. The molecule has 0 aromatic heterocycles. The Hall–Kier alpha value is -0.490. The van der Waals surface area contributed by atoms with Crippen molar-refractivity contribution in [2.24, 2.45) is 5.92 Å². The van der Waals surface area contributed by atoms with Crippen molar-refractivity contribution in [3.63, 3.8) is 0 Å². The van der Waals surface area contributed by atoms with Gasteiger partial charge in [-0.15, -0.1) is 0 Å². The molecule has 2 aliphatic rings. The van der Waals surface area contributed by atoms with Gasteiger partial charge in [0.25, 0.3) is 0 Å². The molecule has 2 heterocycles. The molecule has 56 heavy (non-hydrogen) atoms. The highest BCUT2D eigenvalue weighted by atomic mass is 32.3. The molecule has 0 bridgehead atoms. The lowest BCUT2D eigenvalue weighted by Crippen LogP contribution is -2.65. The molecule has 0 aromatic carbocycles. The van der Waals surface area contributed by atoms with Gasteiger partial charge in [0.2, 0.25) is 0 Å². The Labute approximate surface area is 339 Å². The van der Waals surface area contributed by atoms with Crippen LogP contribution < -0.4 is 0 Å². The van der Waals surface area contributed by atoms with Crippen molar-refractivity contribution in [2.75, 3.05) is 13.2 Å². The molecule has 334 valence electrons. The number of aliphatic hydroxyl groups excluding tert-OH is 5. The van der Waals surface area contributed by atoms with Gasteiger partial charge in [0.1, 0.15) is 42.7 Å². The fourth-order valence-electron chi connectivity index (χ4n) is 7.94. The Kier molecular flexibility index (Phi) is 28.2. The third-order valence-corrected chi connectivity index (χ3v) is 12.0. The summed E-state index contributed by atoms with van der Waals surface area (Å²) >= 11 is 0. The second kappa shape index (κ2) is 30.5. The van der Waals surface area contributed by atoms with Gasteiger partial charge in [0, 0.05) is 0 Å². The van der Waals surface area contributed by atoms with Crippen molar-refractivity contribution in [2.45, 2.75) is 249 Å². The summed E-state index contributed by atoms with van der Waals surface area (Å²) in [6.07, 6.45) is 16.5. The topological polar surface area (TPSA) is 202 Å². The van der Waals surface area contributed by atoms with Crippen molar-refractivity contribution in [1.29, 1.82) is 0 Å². The Bertz CT molecular complexity index is 1020. The Morgan fingerprint density at radius 3 is 1.39 bits per heavy atom. The van der Waals surface area contributed by atoms with E-state index in [-0.39, 0.29) is 12.5 Å². The van der Waals surface area contributed by atoms with Gasteiger partial charge in [-0.3, -0.25) is 4.55 Å². The predicted molar refractivity (Wildman–Crippen MR) is 216 cm³/mol. The summed E-state index contributed by atoms with van der Waals surface area (Å²) in [7, 11) is -5.15. The second-order valence-electron chi connectivity index (χ2n) is 16.5. The first-order valence-electron chi connectivity index (χ1n) is 22.5. The minimum Gasteiger partial charge on any atom is -0.394 e. The minimum atomic E-state index is -5.15. The molecule has 14 heteroatoms. The summed E-state index contributed by atoms with van der Waals surface area (Å²) in [5.74, 6) is 0.138. The Morgan fingerprint density at radius 2 is 0.982 bits per heavy atom. The number of unbranched alkanes of at least 4 members (excludes halogenated alkanes) is 22. The van der Waals surface area contributed by atoms with Crippen molar-refractivity contribution in [1.82, 2.24) is 0 Å². The molecular formula is C42H82O13S. The lowest BCUT2D eigenvalue weighted by Gasteiger charge is -2.46. The highest BCUT2D eigenvalue weighted by Gasteiger charge is 2.52. The van der Waals surface area contributed by atoms with Crippen LogP contribution >= 0.6 is 0 Å². The van der Waals surface area contributed by atoms with Crippen LogP contribution in [0.1, 0.15) is 188 Å². The quantitative estimate of drug-likeness (QED) is 0.0280. The van der Waals surface area contributed by atoms with Gasteiger partial charge in [0.05, 0.1) is 19.3 Å². The third-order valence-electron chi connectivity index (χ3n) is 11.6. The molecule has 0 saturated carbocycles. The van der Waals surface area contributed by atoms with Crippen LogP contribution in [-0.2, 0) is 33.5 Å². The van der Waals surface area contributed by atoms with E-state index in [0.717, 1.165) is 38.5 Å². The van der Waals surface area contributed by atoms with Crippen LogP contribution in [0.15, 0.2) is 0 Å². The van der Waals surface area contributed by atoms with Gasteiger partial charge >= 0.3 is 10.4 Å². The lowest BCUT2D eigenvalue weighted by molar-refractivity contribution is -0.363. The molecule has 13 nitrogen and oxygen atoms in total. The minimum absolute atomic E-state index is 0.138. The number of ether oxygens (including phenoxy) is 4. The molecule has 0 radical (unpaired) electrons. The molecule has 0 amide bonds. The van der Waals surface area contributed by atoms with Crippen LogP contribution in [0.3, 0.4) is 0 Å². The molecule has 2 rings (SSSR count). The first kappa shape index (κ1) is 51.7. The zero-order chi connectivity index (χ0) is 41.2. The smallest absolute Gasteiger partial charge is 0.394 e. The normalized spacial score (nSPS) is 28.7. The molecule has 0 spiro atoms. The van der Waals surface area contributed by atoms with Crippen LogP contribution in [0.5, 0.6) is 0 Å². The van der Waals surface area contributed by atoms with Gasteiger partial charge in [-0.2, -0.15) is 8.42 Å². The Morgan fingerprint density at radius 1 is 0.554 bits per heavy atom. The summed E-state index contributed by atoms with van der Waals surface area (Å²) in [5, 5.41) is 52.2. The van der Waals surface area contributed by atoms with E-state index in [1.807, 2.05) is 0 Å². The fraction of sp³-hybridized carbons (Fsp3) is 1.00. The first-order chi connectivity index (χ1) is 26.9. The average molecular weight is 827 g/mol. The molecule has 2 aliphatic heterocycles. The molecule has 2 saturated heterocycles. The molecule has 0 aliphatic carbocycles. The van der Waals surface area contributed by atoms with Gasteiger partial charge in [-0.1, -0.05) is 168 Å². The van der Waals surface area contributed by atoms with Crippen LogP contribution in [0.4, 0.5) is 0 Å². The van der Waals surface area contributed by atoms with Crippen molar-refractivity contribution in [3.05, 3.63) is 0 Å². The summed E-state index contributed by atoms with van der Waals surface area (Å²) in [6, 6.07) is 0. The van der Waals surface area contributed by atoms with E-state index >= 15 is 0 Å². The van der Waals surface area contributed by atoms with E-state index in [9.17, 15) is 38.5 Å².